The number of amides is 1. The average molecular weight is 380 g/mol. The molecule has 0 spiro atoms. The monoisotopic (exact) mass is 380 g/mol. The van der Waals surface area contributed by atoms with Crippen molar-refractivity contribution in [2.24, 2.45) is 0 Å². The number of hydrogen-bond acceptors (Lipinski definition) is 5. The molecule has 0 bridgehead atoms. The summed E-state index contributed by atoms with van der Waals surface area (Å²) in [5.41, 5.74) is 3.56. The predicted molar refractivity (Wildman–Crippen MR) is 109 cm³/mol. The maximum atomic E-state index is 12.4. The molecule has 1 aromatic heterocycles. The molecular formula is C22H28N4O2. The van der Waals surface area contributed by atoms with E-state index in [1.54, 1.807) is 7.11 Å². The molecule has 2 aliphatic rings. The van der Waals surface area contributed by atoms with Gasteiger partial charge in [-0.3, -0.25) is 4.79 Å². The number of methoxy groups -OCH3 is 1. The lowest BCUT2D eigenvalue weighted by molar-refractivity contribution is -0.131. The first kappa shape index (κ1) is 18.9. The maximum absolute atomic E-state index is 12.4. The van der Waals surface area contributed by atoms with Crippen LogP contribution >= 0.6 is 0 Å². The molecule has 1 saturated heterocycles. The number of carbonyl (C=O) groups is 1. The zero-order valence-corrected chi connectivity index (χ0v) is 16.6. The van der Waals surface area contributed by atoms with Crippen molar-refractivity contribution in [3.05, 3.63) is 48.2 Å². The molecule has 1 aliphatic carbocycles. The van der Waals surface area contributed by atoms with Gasteiger partial charge in [0.1, 0.15) is 0 Å². The lowest BCUT2D eigenvalue weighted by atomic mass is 10.0. The summed E-state index contributed by atoms with van der Waals surface area (Å²) in [6.07, 6.45) is 2.93. The van der Waals surface area contributed by atoms with Crippen molar-refractivity contribution >= 4 is 5.91 Å². The summed E-state index contributed by atoms with van der Waals surface area (Å²) >= 11 is 0. The smallest absolute Gasteiger partial charge is 0.236 e. The zero-order valence-electron chi connectivity index (χ0n) is 16.6. The van der Waals surface area contributed by atoms with Gasteiger partial charge in [-0.05, 0) is 30.7 Å². The SMILES string of the molecule is COc1ccc(-c2ccc([C@@H]3C[C@H]3NCC(=O)N3CCN(C)CC3)cc2)cn1. The highest BCUT2D eigenvalue weighted by atomic mass is 16.5. The first-order chi connectivity index (χ1) is 13.6. The fourth-order valence-electron chi connectivity index (χ4n) is 3.77. The Balaban J connectivity index is 1.27. The first-order valence-corrected chi connectivity index (χ1v) is 9.94. The highest BCUT2D eigenvalue weighted by Gasteiger charge is 2.38. The van der Waals surface area contributed by atoms with Gasteiger partial charge < -0.3 is 19.9 Å². The Hall–Kier alpha value is -2.44. The van der Waals surface area contributed by atoms with Crippen LogP contribution in [0.15, 0.2) is 42.6 Å². The molecule has 1 amide bonds. The van der Waals surface area contributed by atoms with Crippen LogP contribution in [-0.4, -0.2) is 73.6 Å². The number of aromatic nitrogens is 1. The predicted octanol–water partition coefficient (Wildman–Crippen LogP) is 1.98. The molecule has 2 heterocycles. The molecule has 2 fully saturated rings. The van der Waals surface area contributed by atoms with E-state index in [9.17, 15) is 4.79 Å². The van der Waals surface area contributed by atoms with E-state index in [-0.39, 0.29) is 5.91 Å². The van der Waals surface area contributed by atoms with E-state index in [4.69, 9.17) is 4.74 Å². The summed E-state index contributed by atoms with van der Waals surface area (Å²) < 4.78 is 5.11. The standard InChI is InChI=1S/C22H28N4O2/c1-25-9-11-26(12-10-25)22(27)15-23-20-13-19(20)17-5-3-16(4-6-17)18-7-8-21(28-2)24-14-18/h3-8,14,19-20,23H,9-13,15H2,1-2H3/t19-,20+/m0/s1. The fourth-order valence-corrected chi connectivity index (χ4v) is 3.77. The van der Waals surface area contributed by atoms with Gasteiger partial charge in [-0.15, -0.1) is 0 Å². The van der Waals surface area contributed by atoms with E-state index in [2.05, 4.69) is 46.5 Å². The molecule has 0 unspecified atom stereocenters. The third kappa shape index (κ3) is 4.34. The van der Waals surface area contributed by atoms with E-state index >= 15 is 0 Å². The molecule has 6 heteroatoms. The van der Waals surface area contributed by atoms with Crippen molar-refractivity contribution in [2.45, 2.75) is 18.4 Å². The number of nitrogens with zero attached hydrogens (tertiary/aromatic N) is 3. The van der Waals surface area contributed by atoms with Crippen LogP contribution in [0.1, 0.15) is 17.9 Å². The minimum absolute atomic E-state index is 0.223. The lowest BCUT2D eigenvalue weighted by Gasteiger charge is -2.32. The minimum atomic E-state index is 0.223. The second-order valence-corrected chi connectivity index (χ2v) is 7.72. The number of benzene rings is 1. The molecule has 6 nitrogen and oxygen atoms in total. The van der Waals surface area contributed by atoms with E-state index < -0.39 is 0 Å². The third-order valence-corrected chi connectivity index (χ3v) is 5.78. The van der Waals surface area contributed by atoms with E-state index in [1.807, 2.05) is 23.2 Å². The Labute approximate surface area is 166 Å². The highest BCUT2D eigenvalue weighted by molar-refractivity contribution is 5.78. The van der Waals surface area contributed by atoms with Crippen molar-refractivity contribution in [1.29, 1.82) is 0 Å². The summed E-state index contributed by atoms with van der Waals surface area (Å²) in [5, 5.41) is 3.44. The van der Waals surface area contributed by atoms with Gasteiger partial charge in [-0.25, -0.2) is 4.98 Å². The average Bonchev–Trinajstić information content (AvgIpc) is 3.52. The number of nitrogens with one attached hydrogen (secondary N) is 1. The van der Waals surface area contributed by atoms with Gasteiger partial charge in [-0.1, -0.05) is 24.3 Å². The summed E-state index contributed by atoms with van der Waals surface area (Å²) in [7, 11) is 3.72. The van der Waals surface area contributed by atoms with Crippen molar-refractivity contribution < 1.29 is 9.53 Å². The number of pyridine rings is 1. The minimum Gasteiger partial charge on any atom is -0.481 e. The third-order valence-electron chi connectivity index (χ3n) is 5.78. The van der Waals surface area contributed by atoms with Gasteiger partial charge in [0, 0.05) is 56.0 Å². The molecular weight excluding hydrogens is 352 g/mol. The number of carbonyl (C=O) groups excluding carboxylic acids is 1. The van der Waals surface area contributed by atoms with Gasteiger partial charge in [-0.2, -0.15) is 0 Å². The van der Waals surface area contributed by atoms with Crippen LogP contribution in [0.25, 0.3) is 11.1 Å². The Morgan fingerprint density at radius 1 is 1.11 bits per heavy atom. The first-order valence-electron chi connectivity index (χ1n) is 9.94. The Bertz CT molecular complexity index is 798. The quantitative estimate of drug-likeness (QED) is 0.830. The van der Waals surface area contributed by atoms with Crippen molar-refractivity contribution in [3.8, 4) is 17.0 Å². The van der Waals surface area contributed by atoms with Gasteiger partial charge in [0.05, 0.1) is 13.7 Å². The van der Waals surface area contributed by atoms with Gasteiger partial charge in [0.15, 0.2) is 0 Å². The normalized spacial score (nSPS) is 22.1. The number of piperazine rings is 1. The fraction of sp³-hybridized carbons (Fsp3) is 0.455. The van der Waals surface area contributed by atoms with Crippen LogP contribution in [0.2, 0.25) is 0 Å². The Kier molecular flexibility index (Phi) is 5.59. The molecule has 2 aromatic rings. The maximum Gasteiger partial charge on any atom is 0.236 e. The van der Waals surface area contributed by atoms with E-state index in [0.717, 1.165) is 43.7 Å². The van der Waals surface area contributed by atoms with Gasteiger partial charge in [0.25, 0.3) is 0 Å². The largest absolute Gasteiger partial charge is 0.481 e. The molecule has 4 rings (SSSR count). The molecule has 1 aliphatic heterocycles. The van der Waals surface area contributed by atoms with Crippen molar-refractivity contribution in [3.63, 3.8) is 0 Å². The van der Waals surface area contributed by atoms with E-state index in [1.165, 1.54) is 5.56 Å². The van der Waals surface area contributed by atoms with Gasteiger partial charge in [0.2, 0.25) is 11.8 Å². The molecule has 148 valence electrons. The zero-order chi connectivity index (χ0) is 19.5. The highest BCUT2D eigenvalue weighted by Crippen LogP contribution is 2.41. The number of rotatable bonds is 6. The van der Waals surface area contributed by atoms with E-state index in [0.29, 0.717) is 24.4 Å². The molecule has 0 radical (unpaired) electrons. The van der Waals surface area contributed by atoms with Crippen molar-refractivity contribution in [2.75, 3.05) is 46.9 Å². The number of likely N-dealkylation sites (N-methyl/N-ethyl adjacent to an activating group) is 1. The van der Waals surface area contributed by atoms with Crippen molar-refractivity contribution in [1.82, 2.24) is 20.1 Å². The molecule has 1 N–H and O–H groups in total. The molecule has 2 atom stereocenters. The van der Waals surface area contributed by atoms with Crippen LogP contribution in [0.3, 0.4) is 0 Å². The van der Waals surface area contributed by atoms with Gasteiger partial charge >= 0.3 is 0 Å². The molecule has 1 saturated carbocycles. The number of ether oxygens (including phenoxy) is 1. The number of hydrogen-bond donors (Lipinski definition) is 1. The summed E-state index contributed by atoms with van der Waals surface area (Å²) in [6, 6.07) is 13.0. The second kappa shape index (κ2) is 8.29. The summed E-state index contributed by atoms with van der Waals surface area (Å²) in [6.45, 7) is 4.06. The molecule has 28 heavy (non-hydrogen) atoms. The molecule has 1 aromatic carbocycles. The summed E-state index contributed by atoms with van der Waals surface area (Å²) in [5.74, 6) is 1.35. The Morgan fingerprint density at radius 3 is 2.46 bits per heavy atom. The van der Waals surface area contributed by atoms with Crippen LogP contribution in [-0.2, 0) is 4.79 Å². The van der Waals surface area contributed by atoms with Crippen LogP contribution in [0, 0.1) is 0 Å². The Morgan fingerprint density at radius 2 is 1.82 bits per heavy atom. The second-order valence-electron chi connectivity index (χ2n) is 7.72. The summed E-state index contributed by atoms with van der Waals surface area (Å²) in [4.78, 5) is 20.9. The van der Waals surface area contributed by atoms with Crippen LogP contribution in [0.4, 0.5) is 0 Å². The van der Waals surface area contributed by atoms with Crippen LogP contribution in [0.5, 0.6) is 5.88 Å². The topological polar surface area (TPSA) is 57.7 Å². The lowest BCUT2D eigenvalue weighted by Crippen LogP contribution is -2.49. The van der Waals surface area contributed by atoms with Crippen LogP contribution < -0.4 is 10.1 Å².